The Morgan fingerprint density at radius 1 is 0.870 bits per heavy atom. The summed E-state index contributed by atoms with van der Waals surface area (Å²) in [5, 5.41) is 0. The van der Waals surface area contributed by atoms with Crippen LogP contribution < -0.4 is 4.84 Å². The number of carbonyl (C=O) groups is 2. The molecule has 0 saturated carbocycles. The molecule has 23 heavy (non-hydrogen) atoms. The first-order valence-corrected chi connectivity index (χ1v) is 7.13. The first-order valence-electron chi connectivity index (χ1n) is 7.13. The number of imidazole rings is 1. The molecule has 0 atom stereocenters. The van der Waals surface area contributed by atoms with Crippen LogP contribution in [0.5, 0.6) is 0 Å². The maximum Gasteiger partial charge on any atom is 0.216 e. The van der Waals surface area contributed by atoms with Crippen LogP contribution in [0.25, 0.3) is 11.4 Å². The van der Waals surface area contributed by atoms with Crippen LogP contribution in [0.1, 0.15) is 32.1 Å². The van der Waals surface area contributed by atoms with Crippen LogP contribution in [0.4, 0.5) is 0 Å². The predicted molar refractivity (Wildman–Crippen MR) is 83.5 cm³/mol. The first-order chi connectivity index (χ1) is 11.2. The Balaban J connectivity index is 2.00. The van der Waals surface area contributed by atoms with E-state index in [2.05, 4.69) is 4.98 Å². The second-order valence-corrected chi connectivity index (χ2v) is 5.18. The molecule has 0 fully saturated rings. The summed E-state index contributed by atoms with van der Waals surface area (Å²) in [5.41, 5.74) is 1.84. The third-order valence-electron chi connectivity index (χ3n) is 3.90. The number of hydrogen-bond acceptors (Lipinski definition) is 4. The highest BCUT2D eigenvalue weighted by atomic mass is 16.6. The molecular formula is C18H12N2O3. The second-order valence-electron chi connectivity index (χ2n) is 5.18. The van der Waals surface area contributed by atoms with E-state index < -0.39 is 0 Å². The average Bonchev–Trinajstić information content (AvgIpc) is 3.00. The van der Waals surface area contributed by atoms with Crippen LogP contribution in [0.2, 0.25) is 0 Å². The van der Waals surface area contributed by atoms with Gasteiger partial charge >= 0.3 is 0 Å². The van der Waals surface area contributed by atoms with E-state index in [0.717, 1.165) is 5.56 Å². The van der Waals surface area contributed by atoms with E-state index in [1.54, 1.807) is 24.3 Å². The fourth-order valence-corrected chi connectivity index (χ4v) is 2.85. The van der Waals surface area contributed by atoms with E-state index in [4.69, 9.17) is 4.84 Å². The predicted octanol–water partition coefficient (Wildman–Crippen LogP) is 2.38. The van der Waals surface area contributed by atoms with Gasteiger partial charge in [0.1, 0.15) is 12.8 Å². The maximum atomic E-state index is 12.8. The standard InChI is InChI=1S/C18H12N2O3/c1-23-20-15-14(19-18(20)11-7-3-2-4-8-11)16(21)12-9-5-6-10-13(12)17(15)22/h2-10H,1H3. The summed E-state index contributed by atoms with van der Waals surface area (Å²) < 4.78 is 1.33. The number of rotatable bonds is 2. The molecule has 0 spiro atoms. The van der Waals surface area contributed by atoms with Crippen molar-refractivity contribution in [1.29, 1.82) is 0 Å². The van der Waals surface area contributed by atoms with E-state index in [1.165, 1.54) is 11.8 Å². The largest absolute Gasteiger partial charge is 0.415 e. The number of benzene rings is 2. The Kier molecular flexibility index (Phi) is 2.87. The number of aromatic nitrogens is 2. The molecule has 1 aromatic heterocycles. The van der Waals surface area contributed by atoms with Gasteiger partial charge in [0.15, 0.2) is 11.5 Å². The van der Waals surface area contributed by atoms with Crippen molar-refractivity contribution < 1.29 is 14.4 Å². The van der Waals surface area contributed by atoms with Crippen LogP contribution in [0.3, 0.4) is 0 Å². The van der Waals surface area contributed by atoms with Crippen LogP contribution in [0.15, 0.2) is 54.6 Å². The van der Waals surface area contributed by atoms with E-state index in [-0.39, 0.29) is 23.0 Å². The van der Waals surface area contributed by atoms with Gasteiger partial charge in [-0.05, 0) is 0 Å². The normalized spacial score (nSPS) is 12.7. The molecule has 0 N–H and O–H groups in total. The van der Waals surface area contributed by atoms with Gasteiger partial charge in [0.05, 0.1) is 0 Å². The molecule has 3 aromatic rings. The Morgan fingerprint density at radius 3 is 2.13 bits per heavy atom. The number of fused-ring (bicyclic) bond motifs is 2. The fourth-order valence-electron chi connectivity index (χ4n) is 2.85. The highest BCUT2D eigenvalue weighted by Gasteiger charge is 2.36. The van der Waals surface area contributed by atoms with Gasteiger partial charge in [-0.15, -0.1) is 0 Å². The summed E-state index contributed by atoms with van der Waals surface area (Å²) >= 11 is 0. The Labute approximate surface area is 132 Å². The number of ketones is 2. The van der Waals surface area contributed by atoms with Crippen LogP contribution in [-0.2, 0) is 0 Å². The van der Waals surface area contributed by atoms with Crippen molar-refractivity contribution in [3.05, 3.63) is 77.1 Å². The molecule has 112 valence electrons. The Morgan fingerprint density at radius 2 is 1.48 bits per heavy atom. The molecule has 0 saturated heterocycles. The van der Waals surface area contributed by atoms with Crippen molar-refractivity contribution in [2.24, 2.45) is 0 Å². The average molecular weight is 304 g/mol. The van der Waals surface area contributed by atoms with Crippen molar-refractivity contribution in [2.75, 3.05) is 7.11 Å². The second kappa shape index (κ2) is 4.91. The van der Waals surface area contributed by atoms with Gasteiger partial charge in [-0.1, -0.05) is 54.6 Å². The highest BCUT2D eigenvalue weighted by molar-refractivity contribution is 6.27. The molecule has 1 heterocycles. The highest BCUT2D eigenvalue weighted by Crippen LogP contribution is 2.30. The number of carbonyl (C=O) groups excluding carboxylic acids is 2. The van der Waals surface area contributed by atoms with E-state index in [9.17, 15) is 9.59 Å². The van der Waals surface area contributed by atoms with E-state index in [1.807, 2.05) is 30.3 Å². The lowest BCUT2D eigenvalue weighted by atomic mass is 9.90. The fraction of sp³-hybridized carbons (Fsp3) is 0.0556. The monoisotopic (exact) mass is 304 g/mol. The molecule has 1 aliphatic carbocycles. The van der Waals surface area contributed by atoms with E-state index >= 15 is 0 Å². The molecule has 1 aliphatic rings. The van der Waals surface area contributed by atoms with Crippen molar-refractivity contribution in [2.45, 2.75) is 0 Å². The first kappa shape index (κ1) is 13.5. The van der Waals surface area contributed by atoms with E-state index in [0.29, 0.717) is 17.0 Å². The summed E-state index contributed by atoms with van der Waals surface area (Å²) in [4.78, 5) is 35.2. The van der Waals surface area contributed by atoms with Gasteiger partial charge in [0, 0.05) is 16.7 Å². The van der Waals surface area contributed by atoms with Crippen molar-refractivity contribution in [3.8, 4) is 11.4 Å². The summed E-state index contributed by atoms with van der Waals surface area (Å²) in [6.07, 6.45) is 0. The van der Waals surface area contributed by atoms with Crippen LogP contribution >= 0.6 is 0 Å². The zero-order chi connectivity index (χ0) is 16.0. The van der Waals surface area contributed by atoms with Crippen LogP contribution in [-0.4, -0.2) is 28.4 Å². The minimum atomic E-state index is -0.261. The molecule has 2 aromatic carbocycles. The Hall–Kier alpha value is -3.21. The zero-order valence-electron chi connectivity index (χ0n) is 12.3. The van der Waals surface area contributed by atoms with Gasteiger partial charge in [-0.2, -0.15) is 4.73 Å². The van der Waals surface area contributed by atoms with Gasteiger partial charge in [-0.3, -0.25) is 9.59 Å². The molecule has 0 amide bonds. The smallest absolute Gasteiger partial charge is 0.216 e. The summed E-state index contributed by atoms with van der Waals surface area (Å²) in [5.74, 6) is -0.0810. The molecule has 4 rings (SSSR count). The van der Waals surface area contributed by atoms with Gasteiger partial charge in [0.2, 0.25) is 11.6 Å². The summed E-state index contributed by atoms with van der Waals surface area (Å²) in [7, 11) is 1.45. The molecule has 0 aliphatic heterocycles. The van der Waals surface area contributed by atoms with Gasteiger partial charge < -0.3 is 4.84 Å². The molecule has 5 nitrogen and oxygen atoms in total. The minimum Gasteiger partial charge on any atom is -0.415 e. The topological polar surface area (TPSA) is 61.2 Å². The van der Waals surface area contributed by atoms with Crippen LogP contribution in [0, 0.1) is 0 Å². The van der Waals surface area contributed by atoms with Crippen molar-refractivity contribution >= 4 is 11.6 Å². The Bertz CT molecular complexity index is 942. The minimum absolute atomic E-state index is 0.134. The van der Waals surface area contributed by atoms with Gasteiger partial charge in [0.25, 0.3) is 0 Å². The molecule has 0 unspecified atom stereocenters. The quantitative estimate of drug-likeness (QED) is 0.570. The molecule has 5 heteroatoms. The molecule has 0 radical (unpaired) electrons. The lowest BCUT2D eigenvalue weighted by Gasteiger charge is -2.15. The number of hydrogen-bond donors (Lipinski definition) is 0. The SMILES string of the molecule is COn1c(-c2ccccc2)nc2c1C(=O)c1ccccc1C2=O. The summed E-state index contributed by atoms with van der Waals surface area (Å²) in [6.45, 7) is 0. The third kappa shape index (κ3) is 1.83. The third-order valence-corrected chi connectivity index (χ3v) is 3.90. The maximum absolute atomic E-state index is 12.8. The molecule has 0 bridgehead atoms. The zero-order valence-corrected chi connectivity index (χ0v) is 12.3. The number of nitrogens with zero attached hydrogens (tertiary/aromatic N) is 2. The van der Waals surface area contributed by atoms with Gasteiger partial charge in [-0.25, -0.2) is 4.98 Å². The lowest BCUT2D eigenvalue weighted by molar-refractivity contribution is 0.0935. The van der Waals surface area contributed by atoms with Crippen molar-refractivity contribution in [3.63, 3.8) is 0 Å². The lowest BCUT2D eigenvalue weighted by Crippen LogP contribution is -2.24. The summed E-state index contributed by atoms with van der Waals surface area (Å²) in [6, 6.07) is 16.1. The van der Waals surface area contributed by atoms with Crippen molar-refractivity contribution in [1.82, 2.24) is 9.71 Å². The molecular weight excluding hydrogens is 292 g/mol.